The van der Waals surface area contributed by atoms with Crippen LogP contribution in [0, 0.1) is 0 Å². The minimum atomic E-state index is -6.36. The zero-order valence-electron chi connectivity index (χ0n) is 81.2. The van der Waals surface area contributed by atoms with Crippen LogP contribution < -0.4 is 35.9 Å². The molecule has 2 aliphatic rings. The molecule has 0 saturated carbocycles. The van der Waals surface area contributed by atoms with Gasteiger partial charge in [-0.3, -0.25) is 37.9 Å². The van der Waals surface area contributed by atoms with Crippen LogP contribution in [0.5, 0.6) is 0 Å². The Morgan fingerprint density at radius 2 is 0.700 bits per heavy atom. The number of carbonyl (C=O) groups excluding carboxylic acids is 6. The number of hydrogen-bond acceptors (Lipinski definition) is 28. The van der Waals surface area contributed by atoms with Crippen molar-refractivity contribution in [3.05, 3.63) is 0 Å². The molecule has 2 heterocycles. The fourth-order valence-corrected chi connectivity index (χ4v) is 19.6. The van der Waals surface area contributed by atoms with Crippen molar-refractivity contribution in [2.75, 3.05) is 26.4 Å². The number of nitrogens with one attached hydrogen (secondary N) is 2. The molecule has 9 N–H and O–H groups in total. The summed E-state index contributed by atoms with van der Waals surface area (Å²) in [5.41, 5.74) is 3.51. The topological polar surface area (TPSA) is 480 Å². The molecule has 2 saturated heterocycles. The number of rotatable bonds is 89. The van der Waals surface area contributed by atoms with E-state index in [1.165, 1.54) is 32.1 Å². The predicted octanol–water partition coefficient (Wildman–Crippen LogP) is 17.5. The van der Waals surface area contributed by atoms with Gasteiger partial charge < -0.3 is 108 Å². The summed E-state index contributed by atoms with van der Waals surface area (Å²) < 4.78 is 103. The van der Waals surface area contributed by atoms with Crippen molar-refractivity contribution in [2.45, 2.75) is 551 Å². The minimum Gasteiger partial charge on any atom is -0.790 e. The third-order valence-electron chi connectivity index (χ3n) is 24.4. The van der Waals surface area contributed by atoms with Crippen LogP contribution in [0.3, 0.4) is 0 Å². The first-order chi connectivity index (χ1) is 62.6. The largest absolute Gasteiger partial charge is 0.790 e. The molecule has 31 nitrogen and oxygen atoms in total. The lowest BCUT2D eigenvalue weighted by Gasteiger charge is -2.48. The smallest absolute Gasteiger partial charge is 0.310 e. The van der Waals surface area contributed by atoms with Crippen LogP contribution in [0.1, 0.15) is 465 Å². The molecule has 0 bridgehead atoms. The lowest BCUT2D eigenvalue weighted by atomic mass is 9.95. The number of phosphoric acid groups is 3. The molecule has 2 unspecified atom stereocenters. The normalized spacial score (nSPS) is 20.8. The first-order valence-electron chi connectivity index (χ1n) is 51.7. The molecule has 0 radical (unpaired) electrons. The molecule has 0 aromatic heterocycles. The quantitative estimate of drug-likeness (QED) is 0.0129. The Morgan fingerprint density at radius 3 is 1.08 bits per heavy atom. The van der Waals surface area contributed by atoms with E-state index in [0.717, 1.165) is 276 Å². The Bertz CT molecular complexity index is 2980. The highest BCUT2D eigenvalue weighted by molar-refractivity contribution is 7.59. The molecule has 2 rings (SSSR count). The maximum Gasteiger partial charge on any atom is 0.310 e. The monoisotopic (exact) mass is 1920 g/mol. The van der Waals surface area contributed by atoms with Crippen molar-refractivity contribution in [2.24, 2.45) is 0 Å². The van der Waals surface area contributed by atoms with E-state index in [1.807, 2.05) is 0 Å². The highest BCUT2D eigenvalue weighted by Gasteiger charge is 2.54. The van der Waals surface area contributed by atoms with Crippen LogP contribution in [0.25, 0.3) is 0 Å². The van der Waals surface area contributed by atoms with Crippen molar-refractivity contribution >= 4 is 59.2 Å². The number of aliphatic hydroxyl groups is 4. The van der Waals surface area contributed by atoms with Crippen LogP contribution >= 0.6 is 23.5 Å². The number of aliphatic hydroxyl groups excluding tert-OH is 4. The summed E-state index contributed by atoms with van der Waals surface area (Å²) in [6.07, 6.45) is 29.5. The number of unbranched alkanes of at least 4 members (excludes halogenated alkanes) is 50. The molecule has 0 spiro atoms. The number of quaternary nitrogens is 1. The number of phosphoric ester groups is 3. The van der Waals surface area contributed by atoms with Gasteiger partial charge in [0.25, 0.3) is 15.6 Å². The van der Waals surface area contributed by atoms with E-state index in [0.29, 0.717) is 51.4 Å². The van der Waals surface area contributed by atoms with Gasteiger partial charge in [-0.05, 0) is 51.4 Å². The summed E-state index contributed by atoms with van der Waals surface area (Å²) in [5.74, 6) is -5.56. The van der Waals surface area contributed by atoms with E-state index in [9.17, 15) is 72.9 Å². The van der Waals surface area contributed by atoms with Gasteiger partial charge in [0.2, 0.25) is 11.8 Å². The minimum absolute atomic E-state index is 0.0149. The zero-order valence-corrected chi connectivity index (χ0v) is 83.9. The summed E-state index contributed by atoms with van der Waals surface area (Å²) in [5, 5.41) is 51.7. The Labute approximate surface area is 782 Å². The Kier molecular flexibility index (Phi) is 74.5. The molecule has 766 valence electrons. The van der Waals surface area contributed by atoms with Gasteiger partial charge in [-0.15, -0.1) is 0 Å². The lowest BCUT2D eigenvalue weighted by Crippen LogP contribution is -2.68. The van der Waals surface area contributed by atoms with E-state index >= 15 is 9.59 Å². The summed E-state index contributed by atoms with van der Waals surface area (Å²) in [6.45, 7) is 9.66. The second-order valence-electron chi connectivity index (χ2n) is 36.7. The fourth-order valence-electron chi connectivity index (χ4n) is 16.9. The average molecular weight is 1920 g/mol. The molecular formula is C96H181N3O28P3-3. The summed E-state index contributed by atoms with van der Waals surface area (Å²) in [6, 6.07) is -4.19. The SMILES string of the molecule is CCCCCCCCCCCCCC(=O)O[C@H](CCCCCCCCCCC)CC(=O)O[C@@H]1[C@@H](NC(=O)C[C@@H](CCCCCCCCCCC)OC(=O)CCCCCCCCCCC)[C@H](OC[C@H]2O[C@H](OP(=O)([O-])[O-])[C@H](NC(=O)C[C@H](O)CCCCCCCCCCC)[C@@H](OC(=O)C[C@H](O)CCCCCCCCCCC)[C@@H]2O)O[C@H](CO)[C@H]1OP(=O)([O-])OP(=O)([O-])OCC[NH3+]. The highest BCUT2D eigenvalue weighted by atomic mass is 31.3. The number of esters is 4. The highest BCUT2D eigenvalue weighted by Crippen LogP contribution is 2.57. The third kappa shape index (κ3) is 64.1. The summed E-state index contributed by atoms with van der Waals surface area (Å²) in [7, 11) is -18.5. The van der Waals surface area contributed by atoms with Crippen molar-refractivity contribution in [1.29, 1.82) is 0 Å². The van der Waals surface area contributed by atoms with E-state index in [4.69, 9.17) is 46.7 Å². The van der Waals surface area contributed by atoms with Gasteiger partial charge in [0.1, 0.15) is 55.3 Å². The number of ether oxygens (including phenoxy) is 7. The number of amides is 2. The Balaban J connectivity index is 3.00. The molecule has 2 aliphatic heterocycles. The van der Waals surface area contributed by atoms with Gasteiger partial charge in [-0.2, -0.15) is 0 Å². The Hall–Kier alpha value is -3.13. The van der Waals surface area contributed by atoms with Crippen LogP contribution in [-0.4, -0.2) is 168 Å². The number of hydrogen-bond donors (Lipinski definition) is 7. The van der Waals surface area contributed by atoms with Crippen molar-refractivity contribution in [3.63, 3.8) is 0 Å². The molecule has 130 heavy (non-hydrogen) atoms. The first-order valence-corrected chi connectivity index (χ1v) is 56.1. The van der Waals surface area contributed by atoms with Gasteiger partial charge in [-0.1, -0.05) is 375 Å². The predicted molar refractivity (Wildman–Crippen MR) is 494 cm³/mol. The lowest BCUT2D eigenvalue weighted by molar-refractivity contribution is -0.373. The van der Waals surface area contributed by atoms with Crippen molar-refractivity contribution < 1.29 is 139 Å². The fraction of sp³-hybridized carbons (Fsp3) is 0.938. The molecule has 0 aromatic carbocycles. The van der Waals surface area contributed by atoms with Crippen LogP contribution in [0.15, 0.2) is 0 Å². The third-order valence-corrected chi connectivity index (χ3v) is 27.5. The van der Waals surface area contributed by atoms with Gasteiger partial charge in [-0.25, -0.2) is 4.31 Å². The van der Waals surface area contributed by atoms with Crippen molar-refractivity contribution in [3.8, 4) is 0 Å². The summed E-state index contributed by atoms with van der Waals surface area (Å²) >= 11 is 0. The molecule has 0 aliphatic carbocycles. The van der Waals surface area contributed by atoms with Crippen LogP contribution in [0.4, 0.5) is 0 Å². The van der Waals surface area contributed by atoms with E-state index in [2.05, 4.69) is 62.2 Å². The van der Waals surface area contributed by atoms with Gasteiger partial charge in [0.05, 0.1) is 65.5 Å². The molecule has 0 aromatic rings. The standard InChI is InChI=1S/C96H184N3O28P3/c1-7-13-19-25-31-37-38-44-50-56-62-68-86(106)120-80(66-60-54-48-42-35-29-23-17-11-5)74-88(108)124-94-90(99-84(104)73-79(65-59-53-47-41-34-28-22-16-10-4)119-85(105)67-61-55-49-43-36-30-24-18-12-6)95(121-81(75-100)92(94)125-130(115,116)127-129(113,114)118-70-69-97)117-76-82-91(109)93(123-87(107)72-78(102)64-58-52-46-40-33-27-21-15-9-3)89(96(122-82)126-128(110,111)112)98-83(103)71-77(101)63-57-51-45-39-32-26-20-14-8-2/h77-82,89-96,100-102,109H,7-76,97H2,1-6H3,(H,98,103)(H,99,104)(H,113,114)(H,115,116)(H2,110,111,112)/p-3/t77-,78-,79-,80-,81-,82-,89-,90-,91-,92-,93-,94-,95-,96-/m1/s1. The van der Waals surface area contributed by atoms with Crippen molar-refractivity contribution in [1.82, 2.24) is 10.6 Å². The molecular weight excluding hydrogens is 1740 g/mol. The van der Waals surface area contributed by atoms with Gasteiger partial charge in [0.15, 0.2) is 24.8 Å². The van der Waals surface area contributed by atoms with Gasteiger partial charge in [0, 0.05) is 12.8 Å². The molecule has 34 heteroatoms. The van der Waals surface area contributed by atoms with E-state index in [-0.39, 0.29) is 45.1 Å². The zero-order chi connectivity index (χ0) is 95.7. The molecule has 16 atom stereocenters. The van der Waals surface area contributed by atoms with Crippen LogP contribution in [0.2, 0.25) is 0 Å². The average Bonchev–Trinajstić information content (AvgIpc) is 0.773. The second kappa shape index (κ2) is 78.7. The Morgan fingerprint density at radius 1 is 0.377 bits per heavy atom. The molecule has 2 amide bonds. The summed E-state index contributed by atoms with van der Waals surface area (Å²) in [4.78, 5) is 140. The van der Waals surface area contributed by atoms with E-state index in [1.54, 1.807) is 0 Å². The van der Waals surface area contributed by atoms with Crippen LogP contribution in [-0.2, 0) is 93.5 Å². The maximum absolute atomic E-state index is 15.4. The maximum atomic E-state index is 15.4. The molecule has 2 fully saturated rings. The second-order valence-corrected chi connectivity index (χ2v) is 40.7. The first kappa shape index (κ1) is 123. The number of carbonyl (C=O) groups is 6. The van der Waals surface area contributed by atoms with Gasteiger partial charge >= 0.3 is 23.9 Å². The van der Waals surface area contributed by atoms with E-state index < -0.39 is 190 Å².